The van der Waals surface area contributed by atoms with E-state index in [4.69, 9.17) is 9.47 Å². The molecule has 1 unspecified atom stereocenters. The third-order valence-corrected chi connectivity index (χ3v) is 5.62. The molecule has 27 heavy (non-hydrogen) atoms. The quantitative estimate of drug-likeness (QED) is 0.696. The van der Waals surface area contributed by atoms with Crippen LogP contribution in [0.5, 0.6) is 5.75 Å². The molecule has 4 rings (SSSR count). The molecular weight excluding hydrogens is 344 g/mol. The number of aromatic amines is 1. The summed E-state index contributed by atoms with van der Waals surface area (Å²) < 4.78 is 12.8. The largest absolute Gasteiger partial charge is 0.496 e. The molecule has 0 aliphatic heterocycles. The normalized spacial score (nSPS) is 18.3. The predicted octanol–water partition coefficient (Wildman–Crippen LogP) is 3.16. The monoisotopic (exact) mass is 368 g/mol. The molecule has 1 aliphatic rings. The van der Waals surface area contributed by atoms with Gasteiger partial charge in [-0.15, -0.1) is 0 Å². The number of hydrogen-bond donors (Lipinski definition) is 2. The number of aryl methyl sites for hydroxylation is 1. The van der Waals surface area contributed by atoms with Crippen molar-refractivity contribution in [3.63, 3.8) is 0 Å². The van der Waals surface area contributed by atoms with Crippen molar-refractivity contribution in [1.29, 1.82) is 0 Å². The molecule has 2 N–H and O–H groups in total. The highest BCUT2D eigenvalue weighted by Gasteiger charge is 2.42. The van der Waals surface area contributed by atoms with Gasteiger partial charge in [0.15, 0.2) is 0 Å². The van der Waals surface area contributed by atoms with Crippen LogP contribution in [0.2, 0.25) is 0 Å². The van der Waals surface area contributed by atoms with E-state index in [2.05, 4.69) is 4.98 Å². The maximum absolute atomic E-state index is 12.3. The van der Waals surface area contributed by atoms with Gasteiger partial charge in [-0.2, -0.15) is 0 Å². The zero-order valence-corrected chi connectivity index (χ0v) is 16.3. The first-order valence-corrected chi connectivity index (χ1v) is 9.09. The minimum absolute atomic E-state index is 0.306. The lowest BCUT2D eigenvalue weighted by Gasteiger charge is -2.31. The molecule has 3 aromatic rings. The maximum atomic E-state index is 12.3. The third kappa shape index (κ3) is 2.26. The zero-order chi connectivity index (χ0) is 19.5. The second-order valence-corrected chi connectivity index (χ2v) is 7.19. The molecule has 0 saturated heterocycles. The summed E-state index contributed by atoms with van der Waals surface area (Å²) in [5.41, 5.74) is 4.34. The Morgan fingerprint density at radius 1 is 1.41 bits per heavy atom. The number of fused-ring (bicyclic) bond motifs is 4. The van der Waals surface area contributed by atoms with E-state index >= 15 is 0 Å². The summed E-state index contributed by atoms with van der Waals surface area (Å²) in [6, 6.07) is 5.90. The number of esters is 1. The smallest absolute Gasteiger partial charge is 0.355 e. The van der Waals surface area contributed by atoms with Gasteiger partial charge >= 0.3 is 5.97 Å². The van der Waals surface area contributed by atoms with Gasteiger partial charge in [0.25, 0.3) is 0 Å². The number of carbonyl (C=O) groups is 1. The van der Waals surface area contributed by atoms with E-state index in [1.54, 1.807) is 21.0 Å². The fourth-order valence-electron chi connectivity index (χ4n) is 4.66. The fourth-order valence-corrected chi connectivity index (χ4v) is 4.66. The van der Waals surface area contributed by atoms with Gasteiger partial charge < -0.3 is 24.1 Å². The van der Waals surface area contributed by atoms with Crippen molar-refractivity contribution in [3.8, 4) is 5.75 Å². The summed E-state index contributed by atoms with van der Waals surface area (Å²) in [5, 5.41) is 12.6. The van der Waals surface area contributed by atoms with Crippen LogP contribution in [0.4, 0.5) is 0 Å². The molecule has 0 bridgehead atoms. The third-order valence-electron chi connectivity index (χ3n) is 5.62. The Kier molecular flexibility index (Phi) is 3.85. The number of nitrogens with one attached hydrogen (secondary N) is 1. The van der Waals surface area contributed by atoms with Gasteiger partial charge in [0, 0.05) is 30.1 Å². The summed E-state index contributed by atoms with van der Waals surface area (Å²) in [6.07, 6.45) is 0.582. The topological polar surface area (TPSA) is 76.5 Å². The molecule has 1 atom stereocenters. The Bertz CT molecular complexity index is 1070. The lowest BCUT2D eigenvalue weighted by molar-refractivity contribution is 0.0519. The zero-order valence-electron chi connectivity index (χ0n) is 16.3. The molecule has 0 saturated carbocycles. The van der Waals surface area contributed by atoms with Crippen LogP contribution in [-0.2, 0) is 23.8 Å². The molecule has 142 valence electrons. The van der Waals surface area contributed by atoms with Crippen LogP contribution in [-0.4, -0.2) is 34.3 Å². The second kappa shape index (κ2) is 5.89. The summed E-state index contributed by atoms with van der Waals surface area (Å²) in [5.74, 6) is 0.379. The van der Waals surface area contributed by atoms with Crippen molar-refractivity contribution in [2.24, 2.45) is 7.05 Å². The Balaban J connectivity index is 2.00. The number of H-pyrrole nitrogens is 1. The molecule has 2 aromatic heterocycles. The van der Waals surface area contributed by atoms with E-state index < -0.39 is 11.6 Å². The Hall–Kier alpha value is -2.73. The van der Waals surface area contributed by atoms with Gasteiger partial charge in [-0.1, -0.05) is 6.07 Å². The molecule has 0 spiro atoms. The fraction of sp³-hybridized carbons (Fsp3) is 0.381. The number of methoxy groups -OCH3 is 1. The van der Waals surface area contributed by atoms with Crippen molar-refractivity contribution in [2.75, 3.05) is 13.7 Å². The highest BCUT2D eigenvalue weighted by atomic mass is 16.5. The molecule has 1 aliphatic carbocycles. The summed E-state index contributed by atoms with van der Waals surface area (Å²) in [7, 11) is 3.60. The van der Waals surface area contributed by atoms with Crippen LogP contribution in [0.3, 0.4) is 0 Å². The van der Waals surface area contributed by atoms with Crippen molar-refractivity contribution in [3.05, 3.63) is 52.0 Å². The lowest BCUT2D eigenvalue weighted by Crippen LogP contribution is -2.32. The average Bonchev–Trinajstić information content (AvgIpc) is 3.11. The molecule has 2 heterocycles. The number of rotatable bonds is 3. The van der Waals surface area contributed by atoms with Gasteiger partial charge in [0.05, 0.1) is 24.9 Å². The van der Waals surface area contributed by atoms with E-state index in [1.165, 1.54) is 0 Å². The Morgan fingerprint density at radius 3 is 2.81 bits per heavy atom. The number of nitrogens with zero attached hydrogens (tertiary/aromatic N) is 1. The number of carbonyl (C=O) groups excluding carboxylic acids is 1. The maximum Gasteiger partial charge on any atom is 0.355 e. The Morgan fingerprint density at radius 2 is 2.15 bits per heavy atom. The van der Waals surface area contributed by atoms with Crippen molar-refractivity contribution >= 4 is 16.9 Å². The summed E-state index contributed by atoms with van der Waals surface area (Å²) in [6.45, 7) is 5.72. The number of benzene rings is 1. The molecule has 6 nitrogen and oxygen atoms in total. The van der Waals surface area contributed by atoms with E-state index in [0.29, 0.717) is 18.7 Å². The first-order valence-electron chi connectivity index (χ1n) is 9.09. The molecule has 0 radical (unpaired) electrons. The minimum Gasteiger partial charge on any atom is -0.496 e. The second-order valence-electron chi connectivity index (χ2n) is 7.19. The van der Waals surface area contributed by atoms with E-state index in [-0.39, 0.29) is 0 Å². The standard InChI is InChI=1S/C21H24N2O4/c1-6-27-20(24)18-11(2)17-13(22-18)10-12-16-14(8-7-9-15(16)26-5)23(4)19(12)21(17,3)25/h7-9,22,25H,6,10H2,1-5H3. The van der Waals surface area contributed by atoms with E-state index in [9.17, 15) is 9.90 Å². The van der Waals surface area contributed by atoms with Gasteiger partial charge in [-0.25, -0.2) is 4.79 Å². The van der Waals surface area contributed by atoms with Crippen LogP contribution in [0.25, 0.3) is 10.9 Å². The van der Waals surface area contributed by atoms with Crippen molar-refractivity contribution in [1.82, 2.24) is 9.55 Å². The molecule has 6 heteroatoms. The minimum atomic E-state index is -1.24. The Labute approximate surface area is 157 Å². The summed E-state index contributed by atoms with van der Waals surface area (Å²) >= 11 is 0. The number of aliphatic hydroxyl groups is 1. The average molecular weight is 368 g/mol. The molecule has 0 amide bonds. The molecule has 1 aromatic carbocycles. The highest BCUT2D eigenvalue weighted by molar-refractivity contribution is 5.94. The van der Waals surface area contributed by atoms with Crippen molar-refractivity contribution < 1.29 is 19.4 Å². The molecular formula is C21H24N2O4. The van der Waals surface area contributed by atoms with Gasteiger partial charge in [0.1, 0.15) is 17.0 Å². The summed E-state index contributed by atoms with van der Waals surface area (Å²) in [4.78, 5) is 15.5. The van der Waals surface area contributed by atoms with Crippen molar-refractivity contribution in [2.45, 2.75) is 32.8 Å². The number of hydrogen-bond acceptors (Lipinski definition) is 4. The van der Waals surface area contributed by atoms with Gasteiger partial charge in [0.2, 0.25) is 0 Å². The lowest BCUT2D eigenvalue weighted by atomic mass is 9.80. The van der Waals surface area contributed by atoms with Gasteiger partial charge in [-0.05, 0) is 44.0 Å². The van der Waals surface area contributed by atoms with Crippen LogP contribution in [0, 0.1) is 6.92 Å². The van der Waals surface area contributed by atoms with Crippen LogP contribution < -0.4 is 4.74 Å². The van der Waals surface area contributed by atoms with Crippen LogP contribution >= 0.6 is 0 Å². The van der Waals surface area contributed by atoms with E-state index in [1.807, 2.05) is 36.7 Å². The molecule has 0 fully saturated rings. The van der Waals surface area contributed by atoms with E-state index in [0.717, 1.165) is 44.7 Å². The van der Waals surface area contributed by atoms with Crippen LogP contribution in [0.1, 0.15) is 52.4 Å². The predicted molar refractivity (Wildman–Crippen MR) is 102 cm³/mol. The van der Waals surface area contributed by atoms with Crippen LogP contribution in [0.15, 0.2) is 18.2 Å². The highest BCUT2D eigenvalue weighted by Crippen LogP contribution is 2.47. The SMILES string of the molecule is CCOC(=O)c1[nH]c2c(c1C)C(C)(O)c1c(c3c(OC)cccc3n1C)C2. The van der Waals surface area contributed by atoms with Gasteiger partial charge in [-0.3, -0.25) is 0 Å². The first-order chi connectivity index (χ1) is 12.8. The number of aromatic nitrogens is 2. The first kappa shape index (κ1) is 17.7. The number of ether oxygens (including phenoxy) is 2.